The Balaban J connectivity index is 1.26. The fraction of sp³-hybridized carbons (Fsp3) is 0.375. The van der Waals surface area contributed by atoms with Crippen LogP contribution in [-0.4, -0.2) is 55.0 Å². The molecule has 2 fully saturated rings. The Bertz CT molecular complexity index is 1170. The highest BCUT2D eigenvalue weighted by atomic mass is 16.1. The summed E-state index contributed by atoms with van der Waals surface area (Å²) >= 11 is 0. The standard InChI is InChI=1S/C32H36N4O/c33-25-31(26-10-4-1-5-11-26)17-20-35(21-18-31)22-23-36-19-16-29(24-36)32(30(34)37,27-12-6-2-7-13-27)28-14-8-3-9-15-28/h1-15,29H,16-24H2,(H2,34,37). The SMILES string of the molecule is N#CC1(c2ccccc2)CCN(CCN2CCC(C(C(N)=O)(c3ccccc3)c3ccccc3)C2)CC1. The molecule has 37 heavy (non-hydrogen) atoms. The molecule has 2 aliphatic heterocycles. The predicted octanol–water partition coefficient (Wildman–Crippen LogP) is 4.34. The van der Waals surface area contributed by atoms with Gasteiger partial charge in [-0.1, -0.05) is 91.0 Å². The fourth-order valence-electron chi connectivity index (χ4n) is 6.58. The average molecular weight is 493 g/mol. The summed E-state index contributed by atoms with van der Waals surface area (Å²) in [5.41, 5.74) is 8.13. The molecule has 1 unspecified atom stereocenters. The smallest absolute Gasteiger partial charge is 0.232 e. The van der Waals surface area contributed by atoms with Crippen molar-refractivity contribution in [3.63, 3.8) is 0 Å². The van der Waals surface area contributed by atoms with Crippen molar-refractivity contribution in [2.75, 3.05) is 39.3 Å². The zero-order chi connectivity index (χ0) is 25.7. The van der Waals surface area contributed by atoms with Crippen LogP contribution in [0.3, 0.4) is 0 Å². The molecule has 2 saturated heterocycles. The Kier molecular flexibility index (Phi) is 7.41. The van der Waals surface area contributed by atoms with E-state index in [0.717, 1.165) is 75.2 Å². The van der Waals surface area contributed by atoms with Gasteiger partial charge < -0.3 is 15.5 Å². The van der Waals surface area contributed by atoms with Gasteiger partial charge in [0, 0.05) is 32.7 Å². The third-order valence-electron chi connectivity index (χ3n) is 8.71. The van der Waals surface area contributed by atoms with E-state index in [1.54, 1.807) is 0 Å². The highest BCUT2D eigenvalue weighted by Crippen LogP contribution is 2.43. The first kappa shape index (κ1) is 25.2. The summed E-state index contributed by atoms with van der Waals surface area (Å²) in [6, 6.07) is 33.0. The summed E-state index contributed by atoms with van der Waals surface area (Å²) in [6.45, 7) is 5.59. The highest BCUT2D eigenvalue weighted by Gasteiger charge is 2.49. The van der Waals surface area contributed by atoms with Crippen molar-refractivity contribution in [1.82, 2.24) is 9.80 Å². The molecule has 5 heteroatoms. The number of carbonyl (C=O) groups excluding carboxylic acids is 1. The summed E-state index contributed by atoms with van der Waals surface area (Å²) in [6.07, 6.45) is 2.66. The molecular formula is C32H36N4O. The van der Waals surface area contributed by atoms with Crippen LogP contribution in [-0.2, 0) is 15.6 Å². The molecule has 1 atom stereocenters. The molecule has 1 amide bonds. The zero-order valence-electron chi connectivity index (χ0n) is 21.4. The van der Waals surface area contributed by atoms with Gasteiger partial charge in [0.15, 0.2) is 0 Å². The van der Waals surface area contributed by atoms with Crippen LogP contribution in [0.4, 0.5) is 0 Å². The van der Waals surface area contributed by atoms with E-state index in [9.17, 15) is 10.1 Å². The third kappa shape index (κ3) is 4.80. The molecule has 3 aromatic carbocycles. The molecule has 5 nitrogen and oxygen atoms in total. The Morgan fingerprint density at radius 1 is 0.838 bits per heavy atom. The Morgan fingerprint density at radius 2 is 1.35 bits per heavy atom. The second kappa shape index (κ2) is 10.9. The van der Waals surface area contributed by atoms with Gasteiger partial charge in [-0.05, 0) is 48.4 Å². The van der Waals surface area contributed by atoms with Gasteiger partial charge in [0.2, 0.25) is 5.91 Å². The molecule has 3 aromatic rings. The van der Waals surface area contributed by atoms with Crippen LogP contribution in [0.15, 0.2) is 91.0 Å². The van der Waals surface area contributed by atoms with Gasteiger partial charge in [0.1, 0.15) is 5.41 Å². The quantitative estimate of drug-likeness (QED) is 0.508. The van der Waals surface area contributed by atoms with Crippen molar-refractivity contribution in [1.29, 1.82) is 5.26 Å². The normalized spacial score (nSPS) is 20.4. The number of primary amides is 1. The van der Waals surface area contributed by atoms with E-state index in [1.165, 1.54) is 0 Å². The molecule has 2 aliphatic rings. The molecule has 2 N–H and O–H groups in total. The second-order valence-corrected chi connectivity index (χ2v) is 10.6. The van der Waals surface area contributed by atoms with Gasteiger partial charge >= 0.3 is 0 Å². The van der Waals surface area contributed by atoms with Crippen LogP contribution in [0.1, 0.15) is 36.0 Å². The molecule has 0 radical (unpaired) electrons. The number of rotatable bonds is 8. The lowest BCUT2D eigenvalue weighted by Crippen LogP contribution is -2.49. The van der Waals surface area contributed by atoms with Crippen molar-refractivity contribution < 1.29 is 4.79 Å². The lowest BCUT2D eigenvalue weighted by atomic mass is 9.64. The summed E-state index contributed by atoms with van der Waals surface area (Å²) in [4.78, 5) is 18.3. The van der Waals surface area contributed by atoms with E-state index in [2.05, 4.69) is 28.0 Å². The number of benzene rings is 3. The average Bonchev–Trinajstić information content (AvgIpc) is 3.43. The number of likely N-dealkylation sites (tertiary alicyclic amines) is 2. The molecule has 5 rings (SSSR count). The molecule has 0 bridgehead atoms. The van der Waals surface area contributed by atoms with E-state index in [-0.39, 0.29) is 17.2 Å². The number of carbonyl (C=O) groups is 1. The highest BCUT2D eigenvalue weighted by molar-refractivity contribution is 5.91. The molecular weight excluding hydrogens is 456 g/mol. The van der Waals surface area contributed by atoms with Crippen LogP contribution < -0.4 is 5.73 Å². The molecule has 190 valence electrons. The maximum Gasteiger partial charge on any atom is 0.232 e. The first-order valence-corrected chi connectivity index (χ1v) is 13.4. The second-order valence-electron chi connectivity index (χ2n) is 10.6. The van der Waals surface area contributed by atoms with E-state index in [0.29, 0.717) is 0 Å². The minimum Gasteiger partial charge on any atom is -0.369 e. The third-order valence-corrected chi connectivity index (χ3v) is 8.71. The first-order chi connectivity index (χ1) is 18.1. The lowest BCUT2D eigenvalue weighted by molar-refractivity contribution is -0.123. The van der Waals surface area contributed by atoms with Gasteiger partial charge in [-0.25, -0.2) is 0 Å². The van der Waals surface area contributed by atoms with E-state index >= 15 is 0 Å². The van der Waals surface area contributed by atoms with Crippen molar-refractivity contribution in [3.05, 3.63) is 108 Å². The number of amides is 1. The largest absolute Gasteiger partial charge is 0.369 e. The van der Waals surface area contributed by atoms with Crippen LogP contribution in [0.2, 0.25) is 0 Å². The van der Waals surface area contributed by atoms with Crippen LogP contribution in [0.25, 0.3) is 0 Å². The summed E-state index contributed by atoms with van der Waals surface area (Å²) in [5, 5.41) is 10.0. The van der Waals surface area contributed by atoms with Crippen molar-refractivity contribution in [3.8, 4) is 6.07 Å². The topological polar surface area (TPSA) is 73.4 Å². The molecule has 0 saturated carbocycles. The Morgan fingerprint density at radius 3 is 1.86 bits per heavy atom. The minimum atomic E-state index is -0.843. The van der Waals surface area contributed by atoms with Gasteiger partial charge in [0.25, 0.3) is 0 Å². The maximum absolute atomic E-state index is 13.3. The summed E-state index contributed by atoms with van der Waals surface area (Å²) in [5.74, 6) is -0.165. The number of nitriles is 1. The van der Waals surface area contributed by atoms with Gasteiger partial charge in [0.05, 0.1) is 11.5 Å². The van der Waals surface area contributed by atoms with Gasteiger partial charge in [-0.15, -0.1) is 0 Å². The van der Waals surface area contributed by atoms with Crippen LogP contribution >= 0.6 is 0 Å². The number of piperidine rings is 1. The molecule has 2 heterocycles. The zero-order valence-corrected chi connectivity index (χ0v) is 21.4. The van der Waals surface area contributed by atoms with Gasteiger partial charge in [-0.3, -0.25) is 4.79 Å². The molecule has 0 spiro atoms. The van der Waals surface area contributed by atoms with Gasteiger partial charge in [-0.2, -0.15) is 5.26 Å². The van der Waals surface area contributed by atoms with Crippen molar-refractivity contribution >= 4 is 5.91 Å². The number of nitrogens with zero attached hydrogens (tertiary/aromatic N) is 3. The lowest BCUT2D eigenvalue weighted by Gasteiger charge is -2.39. The maximum atomic E-state index is 13.3. The van der Waals surface area contributed by atoms with E-state index < -0.39 is 5.41 Å². The molecule has 0 aliphatic carbocycles. The summed E-state index contributed by atoms with van der Waals surface area (Å²) in [7, 11) is 0. The van der Waals surface area contributed by atoms with Crippen molar-refractivity contribution in [2.45, 2.75) is 30.1 Å². The van der Waals surface area contributed by atoms with E-state index in [1.807, 2.05) is 78.9 Å². The number of hydrogen-bond acceptors (Lipinski definition) is 4. The predicted molar refractivity (Wildman–Crippen MR) is 147 cm³/mol. The van der Waals surface area contributed by atoms with Crippen LogP contribution in [0, 0.1) is 17.2 Å². The Hall–Kier alpha value is -3.46. The van der Waals surface area contributed by atoms with Crippen LogP contribution in [0.5, 0.6) is 0 Å². The number of nitrogens with two attached hydrogens (primary N) is 1. The number of hydrogen-bond donors (Lipinski definition) is 1. The summed E-state index contributed by atoms with van der Waals surface area (Å²) < 4.78 is 0. The molecule has 0 aromatic heterocycles. The van der Waals surface area contributed by atoms with Crippen molar-refractivity contribution in [2.24, 2.45) is 11.7 Å². The van der Waals surface area contributed by atoms with E-state index in [4.69, 9.17) is 5.73 Å². The first-order valence-electron chi connectivity index (χ1n) is 13.4. The Labute approximate surface area is 220 Å². The minimum absolute atomic E-state index is 0.112. The monoisotopic (exact) mass is 492 g/mol. The fourth-order valence-corrected chi connectivity index (χ4v) is 6.58.